The van der Waals surface area contributed by atoms with Crippen LogP contribution in [0.25, 0.3) is 0 Å². The molecule has 4 N–H and O–H groups in total. The van der Waals surface area contributed by atoms with E-state index in [-0.39, 0.29) is 16.7 Å². The second-order valence-electron chi connectivity index (χ2n) is 3.97. The maximum atomic E-state index is 11.0. The quantitative estimate of drug-likeness (QED) is 0.435. The minimum atomic E-state index is -1.61. The van der Waals surface area contributed by atoms with Gasteiger partial charge < -0.3 is 20.4 Å². The summed E-state index contributed by atoms with van der Waals surface area (Å²) in [4.78, 5) is 21.1. The molecule has 2 atom stereocenters. The summed E-state index contributed by atoms with van der Waals surface area (Å²) in [7, 11) is 0. The third-order valence-electron chi connectivity index (χ3n) is 2.72. The zero-order valence-corrected chi connectivity index (χ0v) is 9.98. The molecule has 1 aromatic carbocycles. The third kappa shape index (κ3) is 3.05. The van der Waals surface area contributed by atoms with Gasteiger partial charge in [0.1, 0.15) is 12.2 Å². The summed E-state index contributed by atoms with van der Waals surface area (Å²) in [6, 6.07) is 2.01. The minimum absolute atomic E-state index is 0.0491. The molecule has 0 saturated heterocycles. The fourth-order valence-corrected chi connectivity index (χ4v) is 1.63. The first-order valence-electron chi connectivity index (χ1n) is 5.28. The SMILES string of the molecule is Cc1c(C(=O)O)cc(C(O)C(O)CO)cc1[N+](=O)[O-]. The monoisotopic (exact) mass is 271 g/mol. The number of nitro benzene ring substituents is 1. The van der Waals surface area contributed by atoms with Crippen LogP contribution < -0.4 is 0 Å². The highest BCUT2D eigenvalue weighted by Gasteiger charge is 2.25. The molecule has 0 aromatic heterocycles. The van der Waals surface area contributed by atoms with E-state index in [1.54, 1.807) is 0 Å². The van der Waals surface area contributed by atoms with E-state index in [4.69, 9.17) is 10.2 Å². The lowest BCUT2D eigenvalue weighted by molar-refractivity contribution is -0.385. The molecule has 19 heavy (non-hydrogen) atoms. The number of carboxylic acids is 1. The van der Waals surface area contributed by atoms with Crippen LogP contribution in [0.3, 0.4) is 0 Å². The number of nitrogens with zero attached hydrogens (tertiary/aromatic N) is 1. The molecule has 8 heteroatoms. The van der Waals surface area contributed by atoms with Gasteiger partial charge in [0, 0.05) is 11.6 Å². The summed E-state index contributed by atoms with van der Waals surface area (Å²) < 4.78 is 0. The van der Waals surface area contributed by atoms with E-state index in [9.17, 15) is 25.1 Å². The van der Waals surface area contributed by atoms with Crippen molar-refractivity contribution < 1.29 is 30.1 Å². The summed E-state index contributed by atoms with van der Waals surface area (Å²) >= 11 is 0. The Morgan fingerprint density at radius 1 is 1.42 bits per heavy atom. The number of aliphatic hydroxyl groups is 3. The highest BCUT2D eigenvalue weighted by Crippen LogP contribution is 2.28. The van der Waals surface area contributed by atoms with E-state index >= 15 is 0 Å². The fraction of sp³-hybridized carbons (Fsp3) is 0.364. The Morgan fingerprint density at radius 2 is 2.00 bits per heavy atom. The summed E-state index contributed by atoms with van der Waals surface area (Å²) in [6.07, 6.45) is -3.16. The van der Waals surface area contributed by atoms with Gasteiger partial charge in [0.25, 0.3) is 5.69 Å². The second-order valence-corrected chi connectivity index (χ2v) is 3.97. The van der Waals surface area contributed by atoms with Crippen molar-refractivity contribution in [1.29, 1.82) is 0 Å². The molecule has 0 saturated carbocycles. The van der Waals surface area contributed by atoms with Crippen LogP contribution in [0.15, 0.2) is 12.1 Å². The van der Waals surface area contributed by atoms with Gasteiger partial charge in [0.05, 0.1) is 17.1 Å². The smallest absolute Gasteiger partial charge is 0.336 e. The molecule has 1 aromatic rings. The van der Waals surface area contributed by atoms with Crippen molar-refractivity contribution in [2.45, 2.75) is 19.1 Å². The zero-order valence-electron chi connectivity index (χ0n) is 9.98. The number of carboxylic acid groups (broad SMARTS) is 1. The molecule has 0 aliphatic carbocycles. The van der Waals surface area contributed by atoms with Gasteiger partial charge in [0.2, 0.25) is 0 Å². The topological polar surface area (TPSA) is 141 Å². The number of hydrogen-bond donors (Lipinski definition) is 4. The van der Waals surface area contributed by atoms with Crippen molar-refractivity contribution in [3.63, 3.8) is 0 Å². The summed E-state index contributed by atoms with van der Waals surface area (Å²) in [5.41, 5.74) is -1.00. The first kappa shape index (κ1) is 15.0. The van der Waals surface area contributed by atoms with Crippen LogP contribution in [0.4, 0.5) is 5.69 Å². The van der Waals surface area contributed by atoms with E-state index in [1.165, 1.54) is 6.92 Å². The highest BCUT2D eigenvalue weighted by molar-refractivity contribution is 5.91. The maximum Gasteiger partial charge on any atom is 0.336 e. The molecule has 1 rings (SSSR count). The van der Waals surface area contributed by atoms with Crippen molar-refractivity contribution in [3.05, 3.63) is 38.9 Å². The first-order valence-corrected chi connectivity index (χ1v) is 5.28. The fourth-order valence-electron chi connectivity index (χ4n) is 1.63. The van der Waals surface area contributed by atoms with E-state index in [2.05, 4.69) is 0 Å². The molecule has 0 amide bonds. The van der Waals surface area contributed by atoms with Crippen LogP contribution in [0.1, 0.15) is 27.6 Å². The van der Waals surface area contributed by atoms with Crippen LogP contribution in [0, 0.1) is 17.0 Å². The van der Waals surface area contributed by atoms with Gasteiger partial charge >= 0.3 is 5.97 Å². The van der Waals surface area contributed by atoms with Crippen molar-refractivity contribution in [2.75, 3.05) is 6.61 Å². The Hall–Kier alpha value is -2.03. The average molecular weight is 271 g/mol. The molecule has 0 aliphatic rings. The normalized spacial score (nSPS) is 13.9. The van der Waals surface area contributed by atoms with Crippen molar-refractivity contribution in [3.8, 4) is 0 Å². The Bertz CT molecular complexity index is 479. The average Bonchev–Trinajstić information content (AvgIpc) is 2.36. The standard InChI is InChI=1S/C11H13NO7/c1-5-7(11(16)17)2-6(3-8(5)12(18)19)10(15)9(14)4-13/h2-3,9-10,13-15H,4H2,1H3,(H,16,17). The van der Waals surface area contributed by atoms with Crippen LogP contribution in [-0.2, 0) is 0 Å². The molecule has 8 nitrogen and oxygen atoms in total. The lowest BCUT2D eigenvalue weighted by Gasteiger charge is -2.17. The van der Waals surface area contributed by atoms with Gasteiger partial charge in [-0.05, 0) is 18.6 Å². The number of hydrogen-bond acceptors (Lipinski definition) is 6. The first-order chi connectivity index (χ1) is 8.79. The summed E-state index contributed by atoms with van der Waals surface area (Å²) in [5, 5.41) is 47.5. The summed E-state index contributed by atoms with van der Waals surface area (Å²) in [6.45, 7) is 0.519. The Kier molecular flexibility index (Phi) is 4.54. The Labute approximate surface area is 107 Å². The Balaban J connectivity index is 3.42. The van der Waals surface area contributed by atoms with Gasteiger partial charge in [-0.1, -0.05) is 0 Å². The van der Waals surface area contributed by atoms with Crippen molar-refractivity contribution >= 4 is 11.7 Å². The van der Waals surface area contributed by atoms with Gasteiger partial charge in [-0.3, -0.25) is 10.1 Å². The lowest BCUT2D eigenvalue weighted by Crippen LogP contribution is -2.22. The van der Waals surface area contributed by atoms with E-state index in [0.29, 0.717) is 0 Å². The number of nitro groups is 1. The number of aliphatic hydroxyl groups excluding tert-OH is 3. The largest absolute Gasteiger partial charge is 0.478 e. The highest BCUT2D eigenvalue weighted by atomic mass is 16.6. The predicted molar refractivity (Wildman–Crippen MR) is 62.8 cm³/mol. The molecule has 2 unspecified atom stereocenters. The van der Waals surface area contributed by atoms with Gasteiger partial charge in [-0.25, -0.2) is 4.79 Å². The zero-order chi connectivity index (χ0) is 14.7. The number of rotatable bonds is 5. The Morgan fingerprint density at radius 3 is 2.42 bits per heavy atom. The van der Waals surface area contributed by atoms with Gasteiger partial charge in [-0.2, -0.15) is 0 Å². The van der Waals surface area contributed by atoms with Crippen molar-refractivity contribution in [2.24, 2.45) is 0 Å². The van der Waals surface area contributed by atoms with Crippen LogP contribution in [0.5, 0.6) is 0 Å². The number of benzene rings is 1. The molecule has 104 valence electrons. The number of aromatic carboxylic acids is 1. The molecule has 0 heterocycles. The van der Waals surface area contributed by atoms with Crippen LogP contribution in [-0.4, -0.2) is 44.0 Å². The molecular weight excluding hydrogens is 258 g/mol. The molecule has 0 radical (unpaired) electrons. The molecule has 0 fully saturated rings. The molecule has 0 spiro atoms. The maximum absolute atomic E-state index is 11.0. The van der Waals surface area contributed by atoms with E-state index < -0.39 is 35.4 Å². The molecular formula is C11H13NO7. The van der Waals surface area contributed by atoms with Gasteiger partial charge in [0.15, 0.2) is 0 Å². The van der Waals surface area contributed by atoms with Gasteiger partial charge in [-0.15, -0.1) is 0 Å². The summed E-state index contributed by atoms with van der Waals surface area (Å²) in [5.74, 6) is -1.38. The molecule has 0 aliphatic heterocycles. The van der Waals surface area contributed by atoms with Crippen molar-refractivity contribution in [1.82, 2.24) is 0 Å². The van der Waals surface area contributed by atoms with E-state index in [1.807, 2.05) is 0 Å². The third-order valence-corrected chi connectivity index (χ3v) is 2.72. The van der Waals surface area contributed by atoms with E-state index in [0.717, 1.165) is 12.1 Å². The molecule has 0 bridgehead atoms. The predicted octanol–water partition coefficient (Wildman–Crippen LogP) is -0.0120. The minimum Gasteiger partial charge on any atom is -0.478 e. The lowest BCUT2D eigenvalue weighted by atomic mass is 9.97. The number of carbonyl (C=O) groups is 1. The van der Waals surface area contributed by atoms with Crippen LogP contribution in [0.2, 0.25) is 0 Å². The second kappa shape index (κ2) is 5.74. The van der Waals surface area contributed by atoms with Crippen LogP contribution >= 0.6 is 0 Å².